The highest BCUT2D eigenvalue weighted by atomic mass is 28.3. The fourth-order valence-corrected chi connectivity index (χ4v) is 9.05. The summed E-state index contributed by atoms with van der Waals surface area (Å²) in [6, 6.07) is 11.2. The highest BCUT2D eigenvalue weighted by Crippen LogP contribution is 2.87. The Labute approximate surface area is 142 Å². The first-order valence-electron chi connectivity index (χ1n) is 8.95. The van der Waals surface area contributed by atoms with Crippen molar-refractivity contribution in [2.24, 2.45) is 0 Å². The van der Waals surface area contributed by atoms with Gasteiger partial charge >= 0.3 is 7.12 Å². The van der Waals surface area contributed by atoms with E-state index in [0.717, 1.165) is 0 Å². The Morgan fingerprint density at radius 2 is 1.35 bits per heavy atom. The van der Waals surface area contributed by atoms with Crippen molar-refractivity contribution in [2.75, 3.05) is 0 Å². The summed E-state index contributed by atoms with van der Waals surface area (Å²) in [7, 11) is -1.44. The molecule has 0 spiro atoms. The van der Waals surface area contributed by atoms with Crippen LogP contribution in [0, 0.1) is 0 Å². The Morgan fingerprint density at radius 1 is 0.870 bits per heavy atom. The lowest BCUT2D eigenvalue weighted by Crippen LogP contribution is -2.71. The second-order valence-electron chi connectivity index (χ2n) is 9.75. The summed E-state index contributed by atoms with van der Waals surface area (Å²) in [5.41, 5.74) is -0.404. The van der Waals surface area contributed by atoms with Crippen molar-refractivity contribution < 1.29 is 9.31 Å². The first-order valence-corrected chi connectivity index (χ1v) is 12.0. The monoisotopic (exact) mass is 328 g/mol. The molecule has 124 valence electrons. The van der Waals surface area contributed by atoms with E-state index in [4.69, 9.17) is 9.31 Å². The van der Waals surface area contributed by atoms with Gasteiger partial charge in [-0.2, -0.15) is 0 Å². The van der Waals surface area contributed by atoms with E-state index in [-0.39, 0.29) is 18.3 Å². The molecule has 1 aliphatic heterocycles. The standard InChI is InChI=1S/C19H29BO2Si/c1-16(2)17(3,4)22-20(21-16)18-12-19(13-18,14-18)23(5,6)15-10-8-7-9-11-15/h7-11H,12-14H2,1-6H3. The second kappa shape index (κ2) is 4.33. The topological polar surface area (TPSA) is 18.5 Å². The molecule has 1 aromatic rings. The van der Waals surface area contributed by atoms with Crippen molar-refractivity contribution in [3.8, 4) is 0 Å². The van der Waals surface area contributed by atoms with Crippen LogP contribution in [0.5, 0.6) is 0 Å². The lowest BCUT2D eigenvalue weighted by molar-refractivity contribution is 0.00578. The van der Waals surface area contributed by atoms with Crippen LogP contribution in [0.25, 0.3) is 0 Å². The zero-order chi connectivity index (χ0) is 16.7. The Bertz CT molecular complexity index is 602. The van der Waals surface area contributed by atoms with Crippen LogP contribution in [-0.4, -0.2) is 26.4 Å². The average Bonchev–Trinajstić information content (AvgIpc) is 2.55. The molecule has 0 N–H and O–H groups in total. The highest BCUT2D eigenvalue weighted by molar-refractivity contribution is 6.93. The molecular weight excluding hydrogens is 299 g/mol. The normalized spacial score (nSPS) is 37.2. The van der Waals surface area contributed by atoms with E-state index in [0.29, 0.717) is 10.4 Å². The fraction of sp³-hybridized carbons (Fsp3) is 0.684. The Morgan fingerprint density at radius 3 is 1.83 bits per heavy atom. The van der Waals surface area contributed by atoms with E-state index >= 15 is 0 Å². The fourth-order valence-electron chi connectivity index (χ4n) is 5.03. The molecule has 3 aliphatic carbocycles. The average molecular weight is 328 g/mol. The molecule has 2 bridgehead atoms. The predicted molar refractivity (Wildman–Crippen MR) is 98.9 cm³/mol. The van der Waals surface area contributed by atoms with Crippen LogP contribution in [0.2, 0.25) is 23.4 Å². The van der Waals surface area contributed by atoms with Gasteiger partial charge in [0.2, 0.25) is 0 Å². The van der Waals surface area contributed by atoms with E-state index in [1.807, 2.05) is 0 Å². The van der Waals surface area contributed by atoms with Gasteiger partial charge in [-0.1, -0.05) is 48.6 Å². The summed E-state index contributed by atoms with van der Waals surface area (Å²) >= 11 is 0. The van der Waals surface area contributed by atoms with Crippen LogP contribution in [0.3, 0.4) is 0 Å². The predicted octanol–water partition coefficient (Wildman–Crippen LogP) is 4.37. The Hall–Kier alpha value is -0.578. The van der Waals surface area contributed by atoms with Crippen molar-refractivity contribution >= 4 is 20.4 Å². The van der Waals surface area contributed by atoms with Crippen LogP contribution in [0.1, 0.15) is 47.0 Å². The van der Waals surface area contributed by atoms with Crippen molar-refractivity contribution in [1.29, 1.82) is 0 Å². The second-order valence-corrected chi connectivity index (χ2v) is 14.6. The van der Waals surface area contributed by atoms with Gasteiger partial charge in [-0.25, -0.2) is 0 Å². The molecule has 1 saturated heterocycles. The van der Waals surface area contributed by atoms with Crippen LogP contribution >= 0.6 is 0 Å². The minimum Gasteiger partial charge on any atom is -0.403 e. The lowest BCUT2D eigenvalue weighted by Gasteiger charge is -2.76. The maximum atomic E-state index is 6.37. The molecule has 1 aromatic carbocycles. The number of rotatable bonds is 3. The van der Waals surface area contributed by atoms with E-state index in [1.54, 1.807) is 5.19 Å². The smallest absolute Gasteiger partial charge is 0.403 e. The summed E-state index contributed by atoms with van der Waals surface area (Å²) in [5.74, 6) is 0. The molecule has 4 heteroatoms. The van der Waals surface area contributed by atoms with E-state index in [1.165, 1.54) is 19.3 Å². The minimum atomic E-state index is -1.43. The third-order valence-corrected chi connectivity index (χ3v) is 12.6. The molecule has 0 unspecified atom stereocenters. The molecule has 0 amide bonds. The Kier molecular flexibility index (Phi) is 3.00. The maximum Gasteiger partial charge on any atom is 0.464 e. The summed E-state index contributed by atoms with van der Waals surface area (Å²) in [5, 5.41) is 2.46. The maximum absolute atomic E-state index is 6.37. The molecule has 3 saturated carbocycles. The molecule has 5 rings (SSSR count). The Balaban J connectivity index is 1.51. The number of benzene rings is 1. The summed E-state index contributed by atoms with van der Waals surface area (Å²) in [6.45, 7) is 13.8. The van der Waals surface area contributed by atoms with Gasteiger partial charge in [-0.3, -0.25) is 0 Å². The van der Waals surface area contributed by atoms with Gasteiger partial charge in [0.25, 0.3) is 0 Å². The van der Waals surface area contributed by atoms with Gasteiger partial charge in [-0.05, 0) is 52.0 Å². The first kappa shape index (κ1) is 15.9. The third kappa shape index (κ3) is 1.89. The zero-order valence-electron chi connectivity index (χ0n) is 15.4. The molecule has 2 nitrogen and oxygen atoms in total. The molecule has 1 heterocycles. The minimum absolute atomic E-state index is 0.00468. The summed E-state index contributed by atoms with van der Waals surface area (Å²) < 4.78 is 12.7. The van der Waals surface area contributed by atoms with Gasteiger partial charge in [-0.15, -0.1) is 0 Å². The molecule has 0 atom stereocenters. The van der Waals surface area contributed by atoms with Gasteiger partial charge in [0, 0.05) is 5.31 Å². The molecule has 0 radical (unpaired) electrons. The molecule has 4 fully saturated rings. The SMILES string of the molecule is CC1(C)OB(C23CC([Si](C)(C)c4ccccc4)(C2)C3)OC1(C)C. The van der Waals surface area contributed by atoms with Gasteiger partial charge in [0.1, 0.15) is 0 Å². The van der Waals surface area contributed by atoms with Crippen LogP contribution < -0.4 is 5.19 Å². The van der Waals surface area contributed by atoms with Crippen molar-refractivity contribution in [1.82, 2.24) is 0 Å². The van der Waals surface area contributed by atoms with E-state index in [2.05, 4.69) is 71.1 Å². The van der Waals surface area contributed by atoms with E-state index in [9.17, 15) is 0 Å². The van der Waals surface area contributed by atoms with Crippen LogP contribution in [0.15, 0.2) is 30.3 Å². The molecular formula is C19H29BO2Si. The van der Waals surface area contributed by atoms with Gasteiger partial charge in [0.05, 0.1) is 19.3 Å². The molecule has 23 heavy (non-hydrogen) atoms. The first-order chi connectivity index (χ1) is 10.5. The number of hydrogen-bond donors (Lipinski definition) is 0. The van der Waals surface area contributed by atoms with Crippen molar-refractivity contribution in [2.45, 2.75) is 81.6 Å². The third-order valence-electron chi connectivity index (χ3n) is 7.65. The summed E-state index contributed by atoms with van der Waals surface area (Å²) in [6.07, 6.45) is 3.89. The zero-order valence-corrected chi connectivity index (χ0v) is 16.4. The van der Waals surface area contributed by atoms with Crippen molar-refractivity contribution in [3.05, 3.63) is 30.3 Å². The lowest BCUT2D eigenvalue weighted by atomic mass is 9.30. The molecule has 0 aromatic heterocycles. The van der Waals surface area contributed by atoms with Gasteiger partial charge in [0.15, 0.2) is 0 Å². The van der Waals surface area contributed by atoms with Crippen LogP contribution in [-0.2, 0) is 9.31 Å². The van der Waals surface area contributed by atoms with Crippen molar-refractivity contribution in [3.63, 3.8) is 0 Å². The highest BCUT2D eigenvalue weighted by Gasteiger charge is 2.79. The summed E-state index contributed by atoms with van der Waals surface area (Å²) in [4.78, 5) is 0. The van der Waals surface area contributed by atoms with Crippen LogP contribution in [0.4, 0.5) is 0 Å². The van der Waals surface area contributed by atoms with Gasteiger partial charge < -0.3 is 9.31 Å². The largest absolute Gasteiger partial charge is 0.464 e. The molecule has 4 aliphatic rings. The van der Waals surface area contributed by atoms with E-state index < -0.39 is 8.07 Å². The number of hydrogen-bond acceptors (Lipinski definition) is 2. The quantitative estimate of drug-likeness (QED) is 0.767.